The largest absolute Gasteiger partial charge is 0.573 e. The SMILES string of the molecule is CNCc1csc(-c2ccc(OC(F)(F)F)cc2)n1. The molecule has 1 heterocycles. The quantitative estimate of drug-likeness (QED) is 0.936. The predicted octanol–water partition coefficient (Wildman–Crippen LogP) is 3.43. The first-order valence-electron chi connectivity index (χ1n) is 5.43. The van der Waals surface area contributed by atoms with E-state index in [0.717, 1.165) is 16.3 Å². The molecule has 3 nitrogen and oxygen atoms in total. The maximum Gasteiger partial charge on any atom is 0.573 e. The molecule has 0 fully saturated rings. The number of aromatic nitrogens is 1. The number of hydrogen-bond acceptors (Lipinski definition) is 4. The number of nitrogens with zero attached hydrogens (tertiary/aromatic N) is 1. The summed E-state index contributed by atoms with van der Waals surface area (Å²) in [6, 6.07) is 5.68. The summed E-state index contributed by atoms with van der Waals surface area (Å²) in [6.45, 7) is 0.659. The smallest absolute Gasteiger partial charge is 0.406 e. The predicted molar refractivity (Wildman–Crippen MR) is 67.0 cm³/mol. The van der Waals surface area contributed by atoms with Gasteiger partial charge in [-0.15, -0.1) is 24.5 Å². The van der Waals surface area contributed by atoms with Crippen LogP contribution in [0.15, 0.2) is 29.6 Å². The van der Waals surface area contributed by atoms with E-state index in [0.29, 0.717) is 6.54 Å². The Bertz CT molecular complexity index is 537. The van der Waals surface area contributed by atoms with Crippen molar-refractivity contribution in [2.45, 2.75) is 12.9 Å². The van der Waals surface area contributed by atoms with Crippen LogP contribution in [0.2, 0.25) is 0 Å². The summed E-state index contributed by atoms with van der Waals surface area (Å²) in [7, 11) is 1.82. The second kappa shape index (κ2) is 5.58. The molecule has 1 aromatic carbocycles. The lowest BCUT2D eigenvalue weighted by atomic mass is 10.2. The van der Waals surface area contributed by atoms with Crippen LogP contribution in [-0.2, 0) is 6.54 Å². The van der Waals surface area contributed by atoms with Gasteiger partial charge in [0.25, 0.3) is 0 Å². The van der Waals surface area contributed by atoms with E-state index in [-0.39, 0.29) is 5.75 Å². The van der Waals surface area contributed by atoms with Crippen LogP contribution in [0.25, 0.3) is 10.6 Å². The maximum atomic E-state index is 12.0. The zero-order chi connectivity index (χ0) is 13.9. The molecule has 0 saturated carbocycles. The minimum atomic E-state index is -4.66. The van der Waals surface area contributed by atoms with Gasteiger partial charge in [0.2, 0.25) is 0 Å². The molecule has 0 aliphatic heterocycles. The first-order chi connectivity index (χ1) is 8.98. The normalized spacial score (nSPS) is 11.6. The molecule has 19 heavy (non-hydrogen) atoms. The highest BCUT2D eigenvalue weighted by molar-refractivity contribution is 7.13. The van der Waals surface area contributed by atoms with Gasteiger partial charge in [-0.05, 0) is 31.3 Å². The van der Waals surface area contributed by atoms with Crippen molar-refractivity contribution in [2.75, 3.05) is 7.05 Å². The highest BCUT2D eigenvalue weighted by Crippen LogP contribution is 2.28. The topological polar surface area (TPSA) is 34.1 Å². The van der Waals surface area contributed by atoms with Crippen LogP contribution >= 0.6 is 11.3 Å². The van der Waals surface area contributed by atoms with E-state index in [2.05, 4.69) is 15.0 Å². The molecule has 2 aromatic rings. The van der Waals surface area contributed by atoms with E-state index in [1.54, 1.807) is 12.1 Å². The van der Waals surface area contributed by atoms with Crippen molar-refractivity contribution < 1.29 is 17.9 Å². The van der Waals surface area contributed by atoms with Gasteiger partial charge in [-0.25, -0.2) is 4.98 Å². The third kappa shape index (κ3) is 3.93. The molecule has 7 heteroatoms. The van der Waals surface area contributed by atoms with Crippen molar-refractivity contribution >= 4 is 11.3 Å². The zero-order valence-corrected chi connectivity index (χ0v) is 10.8. The van der Waals surface area contributed by atoms with E-state index in [1.807, 2.05) is 12.4 Å². The molecule has 1 aromatic heterocycles. The molecule has 1 N–H and O–H groups in total. The molecule has 102 valence electrons. The summed E-state index contributed by atoms with van der Waals surface area (Å²) in [6.07, 6.45) is -4.66. The highest BCUT2D eigenvalue weighted by atomic mass is 32.1. The number of thiazole rings is 1. The number of hydrogen-bond donors (Lipinski definition) is 1. The molecule has 0 spiro atoms. The van der Waals surface area contributed by atoms with Gasteiger partial charge in [-0.1, -0.05) is 0 Å². The molecule has 0 aliphatic carbocycles. The summed E-state index contributed by atoms with van der Waals surface area (Å²) in [4.78, 5) is 4.37. The van der Waals surface area contributed by atoms with Crippen LogP contribution in [0.4, 0.5) is 13.2 Å². The highest BCUT2D eigenvalue weighted by Gasteiger charge is 2.30. The van der Waals surface area contributed by atoms with Crippen LogP contribution in [0, 0.1) is 0 Å². The van der Waals surface area contributed by atoms with Gasteiger partial charge >= 0.3 is 6.36 Å². The van der Waals surface area contributed by atoms with Gasteiger partial charge in [-0.3, -0.25) is 0 Å². The maximum absolute atomic E-state index is 12.0. The first-order valence-corrected chi connectivity index (χ1v) is 6.31. The summed E-state index contributed by atoms with van der Waals surface area (Å²) in [5.74, 6) is -0.233. The Kier molecular flexibility index (Phi) is 4.06. The standard InChI is InChI=1S/C12H11F3N2OS/c1-16-6-9-7-19-11(17-9)8-2-4-10(5-3-8)18-12(13,14)15/h2-5,7,16H,6H2,1H3. The van der Waals surface area contributed by atoms with Crippen molar-refractivity contribution in [3.05, 3.63) is 35.3 Å². The summed E-state index contributed by atoms with van der Waals surface area (Å²) < 4.78 is 39.8. The first kappa shape index (κ1) is 13.8. The van der Waals surface area contributed by atoms with Crippen LogP contribution in [0.5, 0.6) is 5.75 Å². The molecular weight excluding hydrogens is 277 g/mol. The Hall–Kier alpha value is -1.60. The van der Waals surface area contributed by atoms with Crippen molar-refractivity contribution in [2.24, 2.45) is 0 Å². The number of halogens is 3. The zero-order valence-electron chi connectivity index (χ0n) is 9.99. The Morgan fingerprint density at radius 3 is 2.53 bits per heavy atom. The molecule has 0 amide bonds. The second-order valence-corrected chi connectivity index (χ2v) is 4.60. The van der Waals surface area contributed by atoms with E-state index in [9.17, 15) is 13.2 Å². The third-order valence-electron chi connectivity index (χ3n) is 2.24. The van der Waals surface area contributed by atoms with Gasteiger partial charge < -0.3 is 10.1 Å². The Morgan fingerprint density at radius 2 is 1.95 bits per heavy atom. The molecular formula is C12H11F3N2OS. The third-order valence-corrected chi connectivity index (χ3v) is 3.18. The van der Waals surface area contributed by atoms with Crippen LogP contribution in [0.1, 0.15) is 5.69 Å². The molecule has 0 atom stereocenters. The monoisotopic (exact) mass is 288 g/mol. The average molecular weight is 288 g/mol. The number of nitrogens with one attached hydrogen (secondary N) is 1. The summed E-state index contributed by atoms with van der Waals surface area (Å²) in [5, 5.41) is 5.66. The fourth-order valence-corrected chi connectivity index (χ4v) is 2.33. The lowest BCUT2D eigenvalue weighted by molar-refractivity contribution is -0.274. The van der Waals surface area contributed by atoms with Gasteiger partial charge in [0.1, 0.15) is 10.8 Å². The number of rotatable bonds is 4. The average Bonchev–Trinajstić information content (AvgIpc) is 2.77. The number of ether oxygens (including phenoxy) is 1. The van der Waals surface area contributed by atoms with Gasteiger partial charge in [0, 0.05) is 17.5 Å². The summed E-state index contributed by atoms with van der Waals surface area (Å²) >= 11 is 1.45. The van der Waals surface area contributed by atoms with Gasteiger partial charge in [0.05, 0.1) is 5.69 Å². The molecule has 0 saturated heterocycles. The van der Waals surface area contributed by atoms with E-state index in [4.69, 9.17) is 0 Å². The van der Waals surface area contributed by atoms with Gasteiger partial charge in [0.15, 0.2) is 0 Å². The van der Waals surface area contributed by atoms with E-state index in [1.165, 1.54) is 23.5 Å². The van der Waals surface area contributed by atoms with Crippen molar-refractivity contribution in [3.8, 4) is 16.3 Å². The van der Waals surface area contributed by atoms with Gasteiger partial charge in [-0.2, -0.15) is 0 Å². The Morgan fingerprint density at radius 1 is 1.26 bits per heavy atom. The lowest BCUT2D eigenvalue weighted by Gasteiger charge is -2.08. The van der Waals surface area contributed by atoms with Crippen molar-refractivity contribution in [1.82, 2.24) is 10.3 Å². The fourth-order valence-electron chi connectivity index (χ4n) is 1.50. The summed E-state index contributed by atoms with van der Waals surface area (Å²) in [5.41, 5.74) is 1.67. The Balaban J connectivity index is 2.13. The molecule has 0 aliphatic rings. The van der Waals surface area contributed by atoms with Crippen LogP contribution in [0.3, 0.4) is 0 Å². The van der Waals surface area contributed by atoms with Crippen LogP contribution in [-0.4, -0.2) is 18.4 Å². The van der Waals surface area contributed by atoms with Crippen LogP contribution < -0.4 is 10.1 Å². The molecule has 0 radical (unpaired) electrons. The fraction of sp³-hybridized carbons (Fsp3) is 0.250. The lowest BCUT2D eigenvalue weighted by Crippen LogP contribution is -2.16. The van der Waals surface area contributed by atoms with Crippen molar-refractivity contribution in [1.29, 1.82) is 0 Å². The molecule has 0 bridgehead atoms. The Labute approximate surface area is 112 Å². The van der Waals surface area contributed by atoms with Crippen molar-refractivity contribution in [3.63, 3.8) is 0 Å². The number of benzene rings is 1. The van der Waals surface area contributed by atoms with E-state index < -0.39 is 6.36 Å². The van der Waals surface area contributed by atoms with E-state index >= 15 is 0 Å². The molecule has 0 unspecified atom stereocenters. The second-order valence-electron chi connectivity index (χ2n) is 3.75. The number of alkyl halides is 3. The minimum absolute atomic E-state index is 0.233. The minimum Gasteiger partial charge on any atom is -0.406 e. The molecule has 2 rings (SSSR count).